The standard InChI is InChI=1S/C9H8O.Mo.V/c1-2-6-9-8(4-1)5-3-7-10-9;;/h1-6H,7H2;;. The molecule has 0 unspecified atom stereocenters. The molecular weight excluding hydrogens is 271 g/mol. The van der Waals surface area contributed by atoms with E-state index in [0.29, 0.717) is 6.61 Å². The third kappa shape index (κ3) is 2.52. The predicted molar refractivity (Wildman–Crippen MR) is 41.0 cm³/mol. The maximum absolute atomic E-state index is 5.34. The van der Waals surface area contributed by atoms with Crippen LogP contribution in [0.25, 0.3) is 6.08 Å². The number of benzene rings is 1. The number of para-hydroxylation sites is 1. The van der Waals surface area contributed by atoms with Crippen molar-refractivity contribution < 1.29 is 44.4 Å². The summed E-state index contributed by atoms with van der Waals surface area (Å²) in [6.45, 7) is 0.705. The molecule has 0 aliphatic carbocycles. The first-order chi connectivity index (χ1) is 4.97. The molecule has 0 amide bonds. The van der Waals surface area contributed by atoms with Gasteiger partial charge in [0.1, 0.15) is 12.4 Å². The van der Waals surface area contributed by atoms with Crippen LogP contribution in [-0.2, 0) is 39.6 Å². The molecular formula is C9H8MoOV. The van der Waals surface area contributed by atoms with Gasteiger partial charge in [0.15, 0.2) is 0 Å². The zero-order chi connectivity index (χ0) is 6.81. The Morgan fingerprint density at radius 2 is 1.92 bits per heavy atom. The van der Waals surface area contributed by atoms with Crippen LogP contribution in [0.3, 0.4) is 0 Å². The Balaban J connectivity index is 0.000000605. The van der Waals surface area contributed by atoms with Crippen molar-refractivity contribution in [2.75, 3.05) is 6.61 Å². The van der Waals surface area contributed by atoms with Crippen molar-refractivity contribution >= 4 is 6.08 Å². The van der Waals surface area contributed by atoms with Gasteiger partial charge in [0.05, 0.1) is 0 Å². The van der Waals surface area contributed by atoms with Crippen molar-refractivity contribution in [2.24, 2.45) is 0 Å². The van der Waals surface area contributed by atoms with Crippen molar-refractivity contribution in [3.05, 3.63) is 35.9 Å². The van der Waals surface area contributed by atoms with Crippen molar-refractivity contribution in [2.45, 2.75) is 0 Å². The first-order valence-electron chi connectivity index (χ1n) is 3.35. The van der Waals surface area contributed by atoms with Crippen molar-refractivity contribution in [3.8, 4) is 5.75 Å². The quantitative estimate of drug-likeness (QED) is 0.661. The van der Waals surface area contributed by atoms with E-state index in [-0.39, 0.29) is 39.6 Å². The third-order valence-corrected chi connectivity index (χ3v) is 1.55. The summed E-state index contributed by atoms with van der Waals surface area (Å²) in [5, 5.41) is 0. The topological polar surface area (TPSA) is 9.23 Å². The van der Waals surface area contributed by atoms with E-state index in [2.05, 4.69) is 6.08 Å². The third-order valence-electron chi connectivity index (χ3n) is 1.55. The molecule has 3 heteroatoms. The minimum absolute atomic E-state index is 0. The molecule has 0 atom stereocenters. The average molecular weight is 279 g/mol. The number of rotatable bonds is 0. The fourth-order valence-electron chi connectivity index (χ4n) is 1.06. The van der Waals surface area contributed by atoms with Gasteiger partial charge in [-0.15, -0.1) is 0 Å². The molecule has 1 aromatic carbocycles. The molecule has 0 aromatic heterocycles. The maximum atomic E-state index is 5.34. The van der Waals surface area contributed by atoms with Crippen molar-refractivity contribution in [1.29, 1.82) is 0 Å². The molecule has 0 bridgehead atoms. The van der Waals surface area contributed by atoms with E-state index in [1.807, 2.05) is 30.3 Å². The van der Waals surface area contributed by atoms with E-state index < -0.39 is 0 Å². The minimum Gasteiger partial charge on any atom is -0.489 e. The van der Waals surface area contributed by atoms with E-state index in [0.717, 1.165) is 5.75 Å². The molecule has 1 radical (unpaired) electrons. The van der Waals surface area contributed by atoms with Gasteiger partial charge in [0.25, 0.3) is 0 Å². The smallest absolute Gasteiger partial charge is 0.126 e. The normalized spacial score (nSPS) is 11.7. The zero-order valence-electron chi connectivity index (χ0n) is 6.43. The molecule has 1 nitrogen and oxygen atoms in total. The average Bonchev–Trinajstić information content (AvgIpc) is 2.05. The molecule has 0 saturated heterocycles. The number of ether oxygens (including phenoxy) is 1. The molecule has 0 N–H and O–H groups in total. The van der Waals surface area contributed by atoms with Crippen LogP contribution in [-0.4, -0.2) is 6.61 Å². The van der Waals surface area contributed by atoms with Crippen molar-refractivity contribution in [1.82, 2.24) is 0 Å². The van der Waals surface area contributed by atoms with Crippen LogP contribution in [0.4, 0.5) is 0 Å². The van der Waals surface area contributed by atoms with E-state index in [1.54, 1.807) is 0 Å². The molecule has 1 heterocycles. The molecule has 0 fully saturated rings. The van der Waals surface area contributed by atoms with Crippen LogP contribution in [0, 0.1) is 0 Å². The Labute approximate surface area is 98.3 Å². The van der Waals surface area contributed by atoms with Gasteiger partial charge >= 0.3 is 0 Å². The van der Waals surface area contributed by atoms with E-state index in [4.69, 9.17) is 4.74 Å². The summed E-state index contributed by atoms with van der Waals surface area (Å²) >= 11 is 0. The van der Waals surface area contributed by atoms with Crippen LogP contribution in [0.1, 0.15) is 5.56 Å². The van der Waals surface area contributed by atoms with E-state index in [1.165, 1.54) is 5.56 Å². The molecule has 2 rings (SSSR count). The second-order valence-electron chi connectivity index (χ2n) is 2.25. The molecule has 1 aliphatic rings. The van der Waals surface area contributed by atoms with E-state index >= 15 is 0 Å². The first kappa shape index (κ1) is 12.0. The summed E-state index contributed by atoms with van der Waals surface area (Å²) in [5.74, 6) is 0.991. The fraction of sp³-hybridized carbons (Fsp3) is 0.111. The molecule has 0 saturated carbocycles. The summed E-state index contributed by atoms with van der Waals surface area (Å²) in [7, 11) is 0. The van der Waals surface area contributed by atoms with Crippen LogP contribution in [0.2, 0.25) is 0 Å². The second kappa shape index (κ2) is 5.64. The predicted octanol–water partition coefficient (Wildman–Crippen LogP) is 2.09. The summed E-state index contributed by atoms with van der Waals surface area (Å²) in [5.41, 5.74) is 1.17. The van der Waals surface area contributed by atoms with Gasteiger partial charge in [-0.2, -0.15) is 0 Å². The van der Waals surface area contributed by atoms with Crippen LogP contribution >= 0.6 is 0 Å². The Morgan fingerprint density at radius 1 is 1.17 bits per heavy atom. The summed E-state index contributed by atoms with van der Waals surface area (Å²) < 4.78 is 5.34. The first-order valence-corrected chi connectivity index (χ1v) is 3.35. The molecule has 61 valence electrons. The number of fused-ring (bicyclic) bond motifs is 1. The van der Waals surface area contributed by atoms with Crippen LogP contribution in [0.5, 0.6) is 5.75 Å². The van der Waals surface area contributed by atoms with E-state index in [9.17, 15) is 0 Å². The molecule has 12 heavy (non-hydrogen) atoms. The number of hydrogen-bond acceptors (Lipinski definition) is 1. The Hall–Kier alpha value is 0.0327. The van der Waals surface area contributed by atoms with Crippen molar-refractivity contribution in [3.63, 3.8) is 0 Å². The molecule has 1 aliphatic heterocycles. The summed E-state index contributed by atoms with van der Waals surface area (Å²) in [4.78, 5) is 0. The Kier molecular flexibility index (Phi) is 5.65. The van der Waals surface area contributed by atoms with Crippen LogP contribution < -0.4 is 4.74 Å². The molecule has 1 aromatic rings. The molecule has 0 spiro atoms. The summed E-state index contributed by atoms with van der Waals surface area (Å²) in [6.07, 6.45) is 4.10. The Morgan fingerprint density at radius 3 is 2.67 bits per heavy atom. The maximum Gasteiger partial charge on any atom is 0.126 e. The zero-order valence-corrected chi connectivity index (χ0v) is 9.84. The minimum atomic E-state index is 0. The fourth-order valence-corrected chi connectivity index (χ4v) is 1.06. The largest absolute Gasteiger partial charge is 0.489 e. The van der Waals surface area contributed by atoms with Gasteiger partial charge in [-0.25, -0.2) is 0 Å². The van der Waals surface area contributed by atoms with Gasteiger partial charge in [-0.1, -0.05) is 24.3 Å². The van der Waals surface area contributed by atoms with Gasteiger partial charge in [-0.3, -0.25) is 0 Å². The Bertz CT molecular complexity index is 273. The van der Waals surface area contributed by atoms with Gasteiger partial charge in [0, 0.05) is 45.2 Å². The van der Waals surface area contributed by atoms with Gasteiger partial charge < -0.3 is 4.74 Å². The van der Waals surface area contributed by atoms with Gasteiger partial charge in [0.2, 0.25) is 0 Å². The number of hydrogen-bond donors (Lipinski definition) is 0. The monoisotopic (exact) mass is 281 g/mol. The summed E-state index contributed by atoms with van der Waals surface area (Å²) in [6, 6.07) is 8.03. The second-order valence-corrected chi connectivity index (χ2v) is 2.25. The van der Waals surface area contributed by atoms with Gasteiger partial charge in [-0.05, 0) is 12.1 Å². The SMILES string of the molecule is C1=Cc2ccccc2OC1.[Mo].[V]. The van der Waals surface area contributed by atoms with Crippen LogP contribution in [0.15, 0.2) is 30.3 Å².